The molecule has 9 heteroatoms. The minimum Gasteiger partial charge on any atom is -0.300 e. The third kappa shape index (κ3) is 3.70. The zero-order chi connectivity index (χ0) is 18.0. The fraction of sp³-hybridized carbons (Fsp3) is 0.562. The highest BCUT2D eigenvalue weighted by Gasteiger charge is 2.48. The van der Waals surface area contributed by atoms with Crippen molar-refractivity contribution < 1.29 is 14.4 Å². The van der Waals surface area contributed by atoms with Crippen molar-refractivity contribution in [1.29, 1.82) is 5.26 Å². The lowest BCUT2D eigenvalue weighted by molar-refractivity contribution is -0.142. The van der Waals surface area contributed by atoms with E-state index in [4.69, 9.17) is 5.26 Å². The number of fused-ring (bicyclic) bond motifs is 1. The van der Waals surface area contributed by atoms with E-state index >= 15 is 0 Å². The summed E-state index contributed by atoms with van der Waals surface area (Å²) in [5.74, 6) is -1.03. The summed E-state index contributed by atoms with van der Waals surface area (Å²) in [4.78, 5) is 42.4. The summed E-state index contributed by atoms with van der Waals surface area (Å²) in [5, 5.41) is 11.7. The summed E-state index contributed by atoms with van der Waals surface area (Å²) in [7, 11) is 0. The molecular formula is C16H18N4O3S2. The van der Waals surface area contributed by atoms with E-state index in [2.05, 4.69) is 10.3 Å². The number of thioether (sulfide) groups is 1. The SMILES string of the molecule is Cc1nc(NC(=O)CN2C(=O)C3CCCCC3C2=O)sc1SCC#N. The van der Waals surface area contributed by atoms with Gasteiger partial charge in [0.05, 0.1) is 33.6 Å². The van der Waals surface area contributed by atoms with Gasteiger partial charge in [-0.3, -0.25) is 19.3 Å². The highest BCUT2D eigenvalue weighted by Crippen LogP contribution is 2.38. The van der Waals surface area contributed by atoms with Crippen LogP contribution in [-0.4, -0.2) is 39.9 Å². The molecule has 0 bridgehead atoms. The zero-order valence-corrected chi connectivity index (χ0v) is 15.4. The van der Waals surface area contributed by atoms with Gasteiger partial charge in [0.15, 0.2) is 5.13 Å². The number of nitrogens with zero attached hydrogens (tertiary/aromatic N) is 3. The van der Waals surface area contributed by atoms with Crippen LogP contribution >= 0.6 is 23.1 Å². The summed E-state index contributed by atoms with van der Waals surface area (Å²) in [6.45, 7) is 1.55. The van der Waals surface area contributed by atoms with Crippen LogP contribution in [0.2, 0.25) is 0 Å². The lowest BCUT2D eigenvalue weighted by Gasteiger charge is -2.19. The highest BCUT2D eigenvalue weighted by molar-refractivity contribution is 8.01. The van der Waals surface area contributed by atoms with Gasteiger partial charge in [0.1, 0.15) is 6.54 Å². The molecular weight excluding hydrogens is 360 g/mol. The number of anilines is 1. The van der Waals surface area contributed by atoms with E-state index in [1.165, 1.54) is 23.1 Å². The molecule has 1 aromatic rings. The molecule has 3 rings (SSSR count). The number of amides is 3. The van der Waals surface area contributed by atoms with Crippen molar-refractivity contribution >= 4 is 46.0 Å². The summed E-state index contributed by atoms with van der Waals surface area (Å²) in [6, 6.07) is 2.05. The van der Waals surface area contributed by atoms with Crippen molar-refractivity contribution in [1.82, 2.24) is 9.88 Å². The Bertz CT molecular complexity index is 731. The van der Waals surface area contributed by atoms with Gasteiger partial charge < -0.3 is 5.32 Å². The molecule has 2 heterocycles. The summed E-state index contributed by atoms with van der Waals surface area (Å²) in [5.41, 5.74) is 0.750. The molecule has 1 N–H and O–H groups in total. The van der Waals surface area contributed by atoms with Crippen molar-refractivity contribution in [3.8, 4) is 6.07 Å². The molecule has 1 aliphatic carbocycles. The van der Waals surface area contributed by atoms with E-state index < -0.39 is 5.91 Å². The summed E-state index contributed by atoms with van der Waals surface area (Å²) >= 11 is 2.65. The van der Waals surface area contributed by atoms with Gasteiger partial charge in [-0.1, -0.05) is 35.9 Å². The standard InChI is InChI=1S/C16H18N4O3S2/c1-9-15(24-7-6-17)25-16(18-9)19-12(21)8-20-13(22)10-4-2-3-5-11(10)14(20)23/h10-11H,2-5,7-8H2,1H3,(H,18,19,21). The second kappa shape index (κ2) is 7.54. The largest absolute Gasteiger partial charge is 0.300 e. The molecule has 1 saturated heterocycles. The number of hydrogen-bond acceptors (Lipinski definition) is 7. The Kier molecular flexibility index (Phi) is 5.39. The van der Waals surface area contributed by atoms with Gasteiger partial charge >= 0.3 is 0 Å². The number of carbonyl (C=O) groups is 3. The van der Waals surface area contributed by atoms with E-state index in [1.807, 2.05) is 13.0 Å². The van der Waals surface area contributed by atoms with Gasteiger partial charge in [0, 0.05) is 0 Å². The molecule has 2 aliphatic rings. The van der Waals surface area contributed by atoms with E-state index in [1.54, 1.807) is 0 Å². The van der Waals surface area contributed by atoms with Crippen LogP contribution in [0.4, 0.5) is 5.13 Å². The molecule has 2 unspecified atom stereocenters. The summed E-state index contributed by atoms with van der Waals surface area (Å²) < 4.78 is 0.871. The lowest BCUT2D eigenvalue weighted by Crippen LogP contribution is -2.38. The topological polar surface area (TPSA) is 103 Å². The molecule has 2 fully saturated rings. The number of aryl methyl sites for hydroxylation is 1. The molecule has 3 amide bonds. The van der Waals surface area contributed by atoms with E-state index in [0.29, 0.717) is 10.9 Å². The maximum Gasteiger partial charge on any atom is 0.246 e. The first kappa shape index (κ1) is 17.9. The molecule has 25 heavy (non-hydrogen) atoms. The van der Waals surface area contributed by atoms with Gasteiger partial charge in [-0.25, -0.2) is 4.98 Å². The van der Waals surface area contributed by atoms with Crippen molar-refractivity contribution in [2.45, 2.75) is 36.8 Å². The Morgan fingerprint density at radius 2 is 2.00 bits per heavy atom. The Morgan fingerprint density at radius 1 is 1.36 bits per heavy atom. The lowest BCUT2D eigenvalue weighted by atomic mass is 9.81. The van der Waals surface area contributed by atoms with Crippen LogP contribution in [0.5, 0.6) is 0 Å². The van der Waals surface area contributed by atoms with Crippen molar-refractivity contribution in [3.05, 3.63) is 5.69 Å². The van der Waals surface area contributed by atoms with Gasteiger partial charge in [0.2, 0.25) is 17.7 Å². The third-order valence-electron chi connectivity index (χ3n) is 4.50. The number of nitrogens with one attached hydrogen (secondary N) is 1. The van der Waals surface area contributed by atoms with E-state index in [-0.39, 0.29) is 30.2 Å². The minimum absolute atomic E-state index is 0.217. The molecule has 0 spiro atoms. The first-order chi connectivity index (χ1) is 12.0. The molecule has 132 valence electrons. The third-order valence-corrected chi connectivity index (χ3v) is 6.80. The molecule has 7 nitrogen and oxygen atoms in total. The fourth-order valence-corrected chi connectivity index (χ4v) is 5.17. The number of nitriles is 1. The fourth-order valence-electron chi connectivity index (χ4n) is 3.36. The van der Waals surface area contributed by atoms with Crippen molar-refractivity contribution in [3.63, 3.8) is 0 Å². The van der Waals surface area contributed by atoms with Crippen LogP contribution < -0.4 is 5.32 Å². The second-order valence-electron chi connectivity index (χ2n) is 6.15. The first-order valence-corrected chi connectivity index (χ1v) is 9.93. The van der Waals surface area contributed by atoms with E-state index in [0.717, 1.165) is 40.5 Å². The maximum absolute atomic E-state index is 12.4. The van der Waals surface area contributed by atoms with Gasteiger partial charge in [-0.05, 0) is 19.8 Å². The predicted molar refractivity (Wildman–Crippen MR) is 94.0 cm³/mol. The van der Waals surface area contributed by atoms with Gasteiger partial charge in [0.25, 0.3) is 0 Å². The van der Waals surface area contributed by atoms with Crippen LogP contribution in [0.25, 0.3) is 0 Å². The number of rotatable bonds is 5. The normalized spacial score (nSPS) is 22.6. The number of likely N-dealkylation sites (tertiary alicyclic amines) is 1. The minimum atomic E-state index is -0.425. The van der Waals surface area contributed by atoms with Crippen LogP contribution in [0.3, 0.4) is 0 Å². The molecule has 1 saturated carbocycles. The molecule has 1 aliphatic heterocycles. The van der Waals surface area contributed by atoms with Crippen LogP contribution in [0.15, 0.2) is 4.21 Å². The van der Waals surface area contributed by atoms with Crippen LogP contribution in [0.1, 0.15) is 31.4 Å². The molecule has 2 atom stereocenters. The highest BCUT2D eigenvalue weighted by atomic mass is 32.2. The van der Waals surface area contributed by atoms with Gasteiger partial charge in [-0.15, -0.1) is 0 Å². The molecule has 0 aromatic carbocycles. The number of aromatic nitrogens is 1. The number of imide groups is 1. The van der Waals surface area contributed by atoms with Crippen molar-refractivity contribution in [2.24, 2.45) is 11.8 Å². The Morgan fingerprint density at radius 3 is 2.60 bits per heavy atom. The average Bonchev–Trinajstić information content (AvgIpc) is 3.06. The Hall–Kier alpha value is -1.92. The van der Waals surface area contributed by atoms with Crippen LogP contribution in [-0.2, 0) is 14.4 Å². The number of carbonyl (C=O) groups excluding carboxylic acids is 3. The quantitative estimate of drug-likeness (QED) is 0.622. The van der Waals surface area contributed by atoms with E-state index in [9.17, 15) is 14.4 Å². The van der Waals surface area contributed by atoms with Crippen LogP contribution in [0, 0.1) is 30.1 Å². The van der Waals surface area contributed by atoms with Gasteiger partial charge in [-0.2, -0.15) is 5.26 Å². The van der Waals surface area contributed by atoms with Crippen molar-refractivity contribution in [2.75, 3.05) is 17.6 Å². The molecule has 0 radical (unpaired) electrons. The average molecular weight is 378 g/mol. The predicted octanol–water partition coefficient (Wildman–Crippen LogP) is 2.18. The zero-order valence-electron chi connectivity index (χ0n) is 13.8. The second-order valence-corrected chi connectivity index (χ2v) is 8.39. The number of thiazole rings is 1. The maximum atomic E-state index is 12.4. The first-order valence-electron chi connectivity index (χ1n) is 8.13. The number of hydrogen-bond donors (Lipinski definition) is 1. The Labute approximate surface area is 153 Å². The smallest absolute Gasteiger partial charge is 0.246 e. The molecule has 1 aromatic heterocycles. The summed E-state index contributed by atoms with van der Waals surface area (Å²) in [6.07, 6.45) is 3.39. The Balaban J connectivity index is 1.62. The monoisotopic (exact) mass is 378 g/mol.